The van der Waals surface area contributed by atoms with Gasteiger partial charge in [-0.05, 0) is 30.5 Å². The minimum atomic E-state index is -0.222. The average molecular weight is 279 g/mol. The number of nitrogens with one attached hydrogen (secondary N) is 1. The van der Waals surface area contributed by atoms with Gasteiger partial charge in [0.1, 0.15) is 0 Å². The van der Waals surface area contributed by atoms with E-state index in [9.17, 15) is 9.90 Å². The fourth-order valence-corrected chi connectivity index (χ4v) is 2.12. The maximum Gasteiger partial charge on any atom is 0.251 e. The third-order valence-corrected chi connectivity index (χ3v) is 3.96. The monoisotopic (exact) mass is 279 g/mol. The molecular weight excluding hydrogens is 254 g/mol. The van der Waals surface area contributed by atoms with Crippen molar-refractivity contribution in [1.29, 1.82) is 0 Å². The molecule has 0 aromatic heterocycles. The number of hydrogen-bond acceptors (Lipinski definition) is 3. The van der Waals surface area contributed by atoms with Gasteiger partial charge >= 0.3 is 0 Å². The summed E-state index contributed by atoms with van der Waals surface area (Å²) in [5.41, 5.74) is 1.37. The Kier molecular flexibility index (Phi) is 6.68. The summed E-state index contributed by atoms with van der Waals surface area (Å²) in [6.07, 6.45) is 1.67. The molecule has 1 aromatic carbocycles. The van der Waals surface area contributed by atoms with E-state index in [1.54, 1.807) is 13.2 Å². The van der Waals surface area contributed by atoms with Crippen LogP contribution < -0.4 is 5.32 Å². The lowest BCUT2D eigenvalue weighted by molar-refractivity contribution is 0.0851. The number of aliphatic hydroxyl groups excluding tert-OH is 1. The molecular formula is C16H25NO3. The SMILES string of the molecule is CCC(CC)(CO)CNC(=O)c1cccc(COC)c1. The van der Waals surface area contributed by atoms with Gasteiger partial charge in [0.25, 0.3) is 5.91 Å². The number of carbonyl (C=O) groups excluding carboxylic acids is 1. The molecule has 4 nitrogen and oxygen atoms in total. The molecule has 0 aliphatic heterocycles. The third-order valence-electron chi connectivity index (χ3n) is 3.96. The van der Waals surface area contributed by atoms with Crippen LogP contribution in [0.5, 0.6) is 0 Å². The lowest BCUT2D eigenvalue weighted by Crippen LogP contribution is -2.39. The number of amides is 1. The highest BCUT2D eigenvalue weighted by Gasteiger charge is 2.25. The molecule has 1 rings (SSSR count). The van der Waals surface area contributed by atoms with Crippen LogP contribution in [0.3, 0.4) is 0 Å². The predicted molar refractivity (Wildman–Crippen MR) is 79.6 cm³/mol. The summed E-state index contributed by atoms with van der Waals surface area (Å²) in [5, 5.41) is 12.4. The van der Waals surface area contributed by atoms with Crippen LogP contribution in [0.1, 0.15) is 42.6 Å². The maximum absolute atomic E-state index is 12.2. The second kappa shape index (κ2) is 8.02. The highest BCUT2D eigenvalue weighted by Crippen LogP contribution is 2.24. The van der Waals surface area contributed by atoms with Gasteiger partial charge in [-0.1, -0.05) is 26.0 Å². The van der Waals surface area contributed by atoms with Gasteiger partial charge < -0.3 is 15.2 Å². The van der Waals surface area contributed by atoms with E-state index >= 15 is 0 Å². The molecule has 112 valence electrons. The summed E-state index contributed by atoms with van der Waals surface area (Å²) in [6, 6.07) is 7.39. The Morgan fingerprint density at radius 1 is 1.35 bits per heavy atom. The zero-order valence-corrected chi connectivity index (χ0v) is 12.6. The lowest BCUT2D eigenvalue weighted by atomic mass is 9.83. The number of ether oxygens (including phenoxy) is 1. The molecule has 0 aliphatic rings. The molecule has 0 unspecified atom stereocenters. The van der Waals surface area contributed by atoms with Gasteiger partial charge in [0.15, 0.2) is 0 Å². The van der Waals surface area contributed by atoms with Gasteiger partial charge in [0, 0.05) is 24.6 Å². The smallest absolute Gasteiger partial charge is 0.251 e. The van der Waals surface area contributed by atoms with Crippen molar-refractivity contribution in [2.75, 3.05) is 20.3 Å². The summed E-state index contributed by atoms with van der Waals surface area (Å²) in [5.74, 6) is -0.109. The van der Waals surface area contributed by atoms with Crippen LogP contribution in [0.15, 0.2) is 24.3 Å². The van der Waals surface area contributed by atoms with Crippen LogP contribution in [-0.4, -0.2) is 31.3 Å². The summed E-state index contributed by atoms with van der Waals surface area (Å²) < 4.78 is 5.06. The Balaban J connectivity index is 2.69. The number of hydrogen-bond donors (Lipinski definition) is 2. The minimum Gasteiger partial charge on any atom is -0.396 e. The molecule has 2 N–H and O–H groups in total. The van der Waals surface area contributed by atoms with Crippen LogP contribution in [0.25, 0.3) is 0 Å². The number of methoxy groups -OCH3 is 1. The lowest BCUT2D eigenvalue weighted by Gasteiger charge is -2.29. The topological polar surface area (TPSA) is 58.6 Å². The zero-order valence-electron chi connectivity index (χ0n) is 12.6. The fraction of sp³-hybridized carbons (Fsp3) is 0.562. The Bertz CT molecular complexity index is 419. The standard InChI is InChI=1S/C16H25NO3/c1-4-16(5-2,12-18)11-17-15(19)14-8-6-7-13(9-14)10-20-3/h6-9,18H,4-5,10-12H2,1-3H3,(H,17,19). The Hall–Kier alpha value is -1.39. The first-order valence-electron chi connectivity index (χ1n) is 7.07. The highest BCUT2D eigenvalue weighted by atomic mass is 16.5. The Labute approximate surface area is 121 Å². The predicted octanol–water partition coefficient (Wildman–Crippen LogP) is 2.36. The van der Waals surface area contributed by atoms with Crippen molar-refractivity contribution < 1.29 is 14.6 Å². The molecule has 0 atom stereocenters. The van der Waals surface area contributed by atoms with Crippen LogP contribution >= 0.6 is 0 Å². The first kappa shape index (κ1) is 16.7. The van der Waals surface area contributed by atoms with Crippen LogP contribution in [0.4, 0.5) is 0 Å². The van der Waals surface area contributed by atoms with Crippen molar-refractivity contribution in [3.05, 3.63) is 35.4 Å². The zero-order chi connectivity index (χ0) is 15.0. The molecule has 0 bridgehead atoms. The number of carbonyl (C=O) groups is 1. The molecule has 0 heterocycles. The molecule has 20 heavy (non-hydrogen) atoms. The van der Waals surface area contributed by atoms with Gasteiger partial charge in [0.05, 0.1) is 13.2 Å². The summed E-state index contributed by atoms with van der Waals surface area (Å²) in [4.78, 5) is 12.2. The minimum absolute atomic E-state index is 0.0873. The van der Waals surface area contributed by atoms with Gasteiger partial charge in [-0.25, -0.2) is 0 Å². The van der Waals surface area contributed by atoms with E-state index in [0.717, 1.165) is 18.4 Å². The largest absolute Gasteiger partial charge is 0.396 e. The molecule has 0 radical (unpaired) electrons. The van der Waals surface area contributed by atoms with Crippen molar-refractivity contribution >= 4 is 5.91 Å². The van der Waals surface area contributed by atoms with Crippen molar-refractivity contribution in [2.24, 2.45) is 5.41 Å². The van der Waals surface area contributed by atoms with Crippen molar-refractivity contribution in [2.45, 2.75) is 33.3 Å². The molecule has 0 saturated carbocycles. The quantitative estimate of drug-likeness (QED) is 0.768. The normalized spacial score (nSPS) is 11.4. The van der Waals surface area contributed by atoms with Crippen molar-refractivity contribution in [3.8, 4) is 0 Å². The summed E-state index contributed by atoms with van der Waals surface area (Å²) >= 11 is 0. The first-order valence-corrected chi connectivity index (χ1v) is 7.07. The summed E-state index contributed by atoms with van der Waals surface area (Å²) in [7, 11) is 1.63. The second-order valence-corrected chi connectivity index (χ2v) is 5.18. The van der Waals surface area contributed by atoms with E-state index in [2.05, 4.69) is 5.32 Å². The molecule has 0 fully saturated rings. The summed E-state index contributed by atoms with van der Waals surface area (Å²) in [6.45, 7) is 5.13. The molecule has 0 aliphatic carbocycles. The molecule has 0 spiro atoms. The van der Waals surface area contributed by atoms with E-state index in [1.165, 1.54) is 0 Å². The fourth-order valence-electron chi connectivity index (χ4n) is 2.12. The van der Waals surface area contributed by atoms with E-state index in [0.29, 0.717) is 18.7 Å². The van der Waals surface area contributed by atoms with E-state index in [4.69, 9.17) is 4.74 Å². The van der Waals surface area contributed by atoms with Crippen LogP contribution in [0, 0.1) is 5.41 Å². The van der Waals surface area contributed by atoms with E-state index in [-0.39, 0.29) is 17.9 Å². The number of aliphatic hydroxyl groups is 1. The van der Waals surface area contributed by atoms with Crippen LogP contribution in [-0.2, 0) is 11.3 Å². The number of benzene rings is 1. The molecule has 1 aromatic rings. The maximum atomic E-state index is 12.2. The van der Waals surface area contributed by atoms with Gasteiger partial charge in [-0.3, -0.25) is 4.79 Å². The molecule has 0 saturated heterocycles. The Morgan fingerprint density at radius 3 is 2.60 bits per heavy atom. The van der Waals surface area contributed by atoms with Crippen molar-refractivity contribution in [3.63, 3.8) is 0 Å². The third kappa shape index (κ3) is 4.32. The van der Waals surface area contributed by atoms with Gasteiger partial charge in [0.2, 0.25) is 0 Å². The Morgan fingerprint density at radius 2 is 2.05 bits per heavy atom. The second-order valence-electron chi connectivity index (χ2n) is 5.18. The van der Waals surface area contributed by atoms with E-state index < -0.39 is 0 Å². The van der Waals surface area contributed by atoms with Gasteiger partial charge in [-0.15, -0.1) is 0 Å². The first-order chi connectivity index (χ1) is 9.60. The van der Waals surface area contributed by atoms with Crippen LogP contribution in [0.2, 0.25) is 0 Å². The molecule has 1 amide bonds. The van der Waals surface area contributed by atoms with E-state index in [1.807, 2.05) is 32.0 Å². The number of rotatable bonds is 8. The van der Waals surface area contributed by atoms with Gasteiger partial charge in [-0.2, -0.15) is 0 Å². The average Bonchev–Trinajstić information content (AvgIpc) is 2.49. The molecule has 4 heteroatoms. The highest BCUT2D eigenvalue weighted by molar-refractivity contribution is 5.94. The van der Waals surface area contributed by atoms with Crippen molar-refractivity contribution in [1.82, 2.24) is 5.32 Å².